The van der Waals surface area contributed by atoms with E-state index in [2.05, 4.69) is 15.2 Å². The van der Waals surface area contributed by atoms with Gasteiger partial charge in [-0.05, 0) is 18.6 Å². The highest BCUT2D eigenvalue weighted by atomic mass is 19.4. The molecule has 2 rings (SSSR count). The Balaban J connectivity index is 0.000000351. The summed E-state index contributed by atoms with van der Waals surface area (Å²) in [6, 6.07) is 2.85. The van der Waals surface area contributed by atoms with Gasteiger partial charge in [0.05, 0.1) is 6.04 Å². The monoisotopic (exact) mass is 346 g/mol. The molecule has 0 aliphatic heterocycles. The van der Waals surface area contributed by atoms with Crippen molar-refractivity contribution in [2.24, 2.45) is 5.73 Å². The number of alkyl halides is 3. The summed E-state index contributed by atoms with van der Waals surface area (Å²) >= 11 is 0. The molecule has 2 aromatic heterocycles. The van der Waals surface area contributed by atoms with E-state index in [0.29, 0.717) is 12.3 Å². The summed E-state index contributed by atoms with van der Waals surface area (Å²) in [7, 11) is 0. The second kappa shape index (κ2) is 8.15. The first-order valence-electron chi connectivity index (χ1n) is 6.50. The van der Waals surface area contributed by atoms with Crippen molar-refractivity contribution in [2.45, 2.75) is 25.6 Å². The van der Waals surface area contributed by atoms with Crippen molar-refractivity contribution in [3.8, 4) is 11.5 Å². The Morgan fingerprint density at radius 1 is 1.29 bits per heavy atom. The van der Waals surface area contributed by atoms with Gasteiger partial charge in [0.25, 0.3) is 5.89 Å². The van der Waals surface area contributed by atoms with E-state index in [9.17, 15) is 18.0 Å². The number of carboxylic acids is 1. The molecule has 0 saturated heterocycles. The maximum Gasteiger partial charge on any atom is 0.490 e. The zero-order valence-electron chi connectivity index (χ0n) is 12.3. The van der Waals surface area contributed by atoms with Gasteiger partial charge in [-0.1, -0.05) is 6.92 Å². The number of carbonyl (C=O) groups is 2. The minimum Gasteiger partial charge on any atom is -0.475 e. The third-order valence-corrected chi connectivity index (χ3v) is 2.58. The quantitative estimate of drug-likeness (QED) is 0.799. The topological polar surface area (TPSA) is 132 Å². The highest BCUT2D eigenvalue weighted by Crippen LogP contribution is 2.17. The summed E-state index contributed by atoms with van der Waals surface area (Å²) in [6.07, 6.45) is -1.33. The summed E-state index contributed by atoms with van der Waals surface area (Å²) < 4.78 is 37.0. The zero-order chi connectivity index (χ0) is 18.3. The van der Waals surface area contributed by atoms with Crippen LogP contribution in [0.25, 0.3) is 11.5 Å². The van der Waals surface area contributed by atoms with Gasteiger partial charge in [0.15, 0.2) is 0 Å². The van der Waals surface area contributed by atoms with Crippen LogP contribution in [0, 0.1) is 0 Å². The number of hydrogen-bond acceptors (Lipinski definition) is 7. The summed E-state index contributed by atoms with van der Waals surface area (Å²) in [5.74, 6) is -2.85. The van der Waals surface area contributed by atoms with Crippen LogP contribution in [-0.2, 0) is 4.79 Å². The molecule has 0 amide bonds. The van der Waals surface area contributed by atoms with Crippen LogP contribution in [0.1, 0.15) is 24.0 Å². The first-order chi connectivity index (χ1) is 11.2. The van der Waals surface area contributed by atoms with Crippen molar-refractivity contribution >= 4 is 11.8 Å². The van der Waals surface area contributed by atoms with Gasteiger partial charge in [-0.25, -0.2) is 4.79 Å². The maximum absolute atomic E-state index is 11.7. The number of rotatable bonds is 4. The summed E-state index contributed by atoms with van der Waals surface area (Å²) in [6.45, 7) is 1.82. The molecule has 0 spiro atoms. The second-order valence-electron chi connectivity index (χ2n) is 4.33. The molecule has 0 aromatic carbocycles. The Morgan fingerprint density at radius 2 is 1.83 bits per heavy atom. The van der Waals surface area contributed by atoms with E-state index < -0.39 is 18.2 Å². The molecule has 2 aromatic rings. The largest absolute Gasteiger partial charge is 0.490 e. The smallest absolute Gasteiger partial charge is 0.475 e. The predicted octanol–water partition coefficient (Wildman–Crippen LogP) is 1.68. The van der Waals surface area contributed by atoms with Crippen LogP contribution in [-0.4, -0.2) is 44.3 Å². The van der Waals surface area contributed by atoms with Crippen molar-refractivity contribution < 1.29 is 32.3 Å². The van der Waals surface area contributed by atoms with Gasteiger partial charge in [0.1, 0.15) is 0 Å². The normalized spacial score (nSPS) is 12.0. The fourth-order valence-corrected chi connectivity index (χ4v) is 1.28. The molecule has 0 saturated carbocycles. The molecule has 130 valence electrons. The van der Waals surface area contributed by atoms with E-state index in [0.717, 1.165) is 5.56 Å². The lowest BCUT2D eigenvalue weighted by atomic mass is 10.1. The molecular weight excluding hydrogens is 333 g/mol. The Bertz CT molecular complexity index is 688. The molecule has 1 atom stereocenters. The molecule has 24 heavy (non-hydrogen) atoms. The van der Waals surface area contributed by atoms with Crippen LogP contribution >= 0.6 is 0 Å². The van der Waals surface area contributed by atoms with Crippen LogP contribution < -0.4 is 5.73 Å². The van der Waals surface area contributed by atoms with Gasteiger partial charge in [0, 0.05) is 18.0 Å². The minimum atomic E-state index is -5.08. The van der Waals surface area contributed by atoms with Gasteiger partial charge in [-0.2, -0.15) is 13.2 Å². The Kier molecular flexibility index (Phi) is 6.53. The standard InChI is InChI=1S/C11H12N4O2.C2HF3O2/c1-2-8(12)9(16)11-15-14-10(17-11)7-3-5-13-6-4-7;3-2(4,5)1(6)7/h3-6,8H,2,12H2,1H3;(H,6,7). The van der Waals surface area contributed by atoms with Gasteiger partial charge in [-0.15, -0.1) is 10.2 Å². The summed E-state index contributed by atoms with van der Waals surface area (Å²) in [5.41, 5.74) is 6.33. The van der Waals surface area contributed by atoms with E-state index in [-0.39, 0.29) is 11.7 Å². The lowest BCUT2D eigenvalue weighted by Crippen LogP contribution is -2.29. The second-order valence-corrected chi connectivity index (χ2v) is 4.33. The van der Waals surface area contributed by atoms with Crippen LogP contribution in [0.3, 0.4) is 0 Å². The zero-order valence-corrected chi connectivity index (χ0v) is 12.3. The van der Waals surface area contributed by atoms with Crippen LogP contribution in [0.2, 0.25) is 0 Å². The van der Waals surface area contributed by atoms with E-state index in [1.54, 1.807) is 24.5 Å². The average Bonchev–Trinajstić information content (AvgIpc) is 3.04. The number of aromatic nitrogens is 3. The van der Waals surface area contributed by atoms with E-state index in [4.69, 9.17) is 20.1 Å². The van der Waals surface area contributed by atoms with Crippen molar-refractivity contribution in [3.05, 3.63) is 30.4 Å². The molecule has 0 aliphatic carbocycles. The molecule has 8 nitrogen and oxygen atoms in total. The van der Waals surface area contributed by atoms with E-state index in [1.165, 1.54) is 0 Å². The molecule has 0 radical (unpaired) electrons. The number of hydrogen-bond donors (Lipinski definition) is 2. The van der Waals surface area contributed by atoms with E-state index in [1.807, 2.05) is 6.92 Å². The number of nitrogens with zero attached hydrogens (tertiary/aromatic N) is 3. The average molecular weight is 346 g/mol. The number of halogens is 3. The fourth-order valence-electron chi connectivity index (χ4n) is 1.28. The fraction of sp³-hybridized carbons (Fsp3) is 0.308. The Labute approximate surface area is 133 Å². The number of ketones is 1. The molecule has 0 aliphatic rings. The summed E-state index contributed by atoms with van der Waals surface area (Å²) in [5, 5.41) is 14.6. The molecule has 0 fully saturated rings. The highest BCUT2D eigenvalue weighted by molar-refractivity contribution is 5.95. The molecule has 2 heterocycles. The molecule has 11 heteroatoms. The number of Topliss-reactive ketones (excluding diaryl/α,β-unsaturated/α-hetero) is 1. The lowest BCUT2D eigenvalue weighted by Gasteiger charge is -2.01. The minimum absolute atomic E-state index is 0.0498. The van der Waals surface area contributed by atoms with Crippen LogP contribution in [0.5, 0.6) is 0 Å². The van der Waals surface area contributed by atoms with Crippen molar-refractivity contribution in [2.75, 3.05) is 0 Å². The summed E-state index contributed by atoms with van der Waals surface area (Å²) in [4.78, 5) is 24.5. The van der Waals surface area contributed by atoms with E-state index >= 15 is 0 Å². The number of carbonyl (C=O) groups excluding carboxylic acids is 1. The molecule has 1 unspecified atom stereocenters. The van der Waals surface area contributed by atoms with Crippen LogP contribution in [0.4, 0.5) is 13.2 Å². The van der Waals surface area contributed by atoms with Gasteiger partial charge in [-0.3, -0.25) is 9.78 Å². The van der Waals surface area contributed by atoms with Gasteiger partial charge < -0.3 is 15.3 Å². The first kappa shape index (κ1) is 19.2. The number of carboxylic acid groups (broad SMARTS) is 1. The third kappa shape index (κ3) is 5.43. The molecule has 3 N–H and O–H groups in total. The number of nitrogens with two attached hydrogens (primary N) is 1. The highest BCUT2D eigenvalue weighted by Gasteiger charge is 2.38. The van der Waals surface area contributed by atoms with Crippen molar-refractivity contribution in [1.29, 1.82) is 0 Å². The first-order valence-corrected chi connectivity index (χ1v) is 6.50. The number of pyridine rings is 1. The SMILES string of the molecule is CCC(N)C(=O)c1nnc(-c2ccncc2)o1.O=C(O)C(F)(F)F. The van der Waals surface area contributed by atoms with Gasteiger partial charge in [0.2, 0.25) is 11.7 Å². The Hall–Kier alpha value is -2.82. The third-order valence-electron chi connectivity index (χ3n) is 2.58. The molecule has 0 bridgehead atoms. The van der Waals surface area contributed by atoms with Crippen LogP contribution in [0.15, 0.2) is 28.9 Å². The van der Waals surface area contributed by atoms with Crippen molar-refractivity contribution in [3.63, 3.8) is 0 Å². The number of aliphatic carboxylic acids is 1. The van der Waals surface area contributed by atoms with Crippen molar-refractivity contribution in [1.82, 2.24) is 15.2 Å². The maximum atomic E-state index is 11.7. The Morgan fingerprint density at radius 3 is 2.29 bits per heavy atom. The molecular formula is C13H13F3N4O4. The van der Waals surface area contributed by atoms with Gasteiger partial charge >= 0.3 is 12.1 Å². The lowest BCUT2D eigenvalue weighted by molar-refractivity contribution is -0.192. The predicted molar refractivity (Wildman–Crippen MR) is 73.8 cm³/mol.